The zero-order valence-electron chi connectivity index (χ0n) is 7.31. The number of hydrogen-bond donors (Lipinski definition) is 1. The molecule has 0 unspecified atom stereocenters. The number of alkyl halides is 1. The quantitative estimate of drug-likeness (QED) is 0.592. The maximum atomic E-state index is 11.3. The molecule has 1 rings (SSSR count). The zero-order chi connectivity index (χ0) is 8.81. The van der Waals surface area contributed by atoms with Crippen LogP contribution in [0.3, 0.4) is 0 Å². The van der Waals surface area contributed by atoms with E-state index in [1.807, 2.05) is 0 Å². The number of Topliss-reactive ketones (excluding diaryl/α,β-unsaturated/α-hetero) is 1. The summed E-state index contributed by atoms with van der Waals surface area (Å²) in [4.78, 5) is 11.3. The Kier molecular flexibility index (Phi) is 4.84. The first-order valence-electron chi connectivity index (χ1n) is 4.64. The Morgan fingerprint density at radius 1 is 1.50 bits per heavy atom. The van der Waals surface area contributed by atoms with Gasteiger partial charge < -0.3 is 5.32 Å². The lowest BCUT2D eigenvalue weighted by Crippen LogP contribution is -2.31. The van der Waals surface area contributed by atoms with Crippen LogP contribution in [0.4, 0.5) is 0 Å². The van der Waals surface area contributed by atoms with Crippen molar-refractivity contribution >= 4 is 21.7 Å². The molecule has 0 heterocycles. The van der Waals surface area contributed by atoms with E-state index >= 15 is 0 Å². The molecule has 0 aromatic carbocycles. The normalized spacial score (nSPS) is 24.4. The van der Waals surface area contributed by atoms with E-state index in [9.17, 15) is 4.79 Å². The Morgan fingerprint density at radius 2 is 2.33 bits per heavy atom. The lowest BCUT2D eigenvalue weighted by molar-refractivity contribution is -0.124. The number of halogens is 1. The number of rotatable bonds is 4. The van der Waals surface area contributed by atoms with Crippen LogP contribution in [0.1, 0.15) is 25.7 Å². The van der Waals surface area contributed by atoms with E-state index in [4.69, 9.17) is 0 Å². The Labute approximate surface area is 82.2 Å². The lowest BCUT2D eigenvalue weighted by Gasteiger charge is -2.20. The minimum atomic E-state index is 0.304. The van der Waals surface area contributed by atoms with Gasteiger partial charge in [0.25, 0.3) is 0 Å². The number of carbonyl (C=O) groups excluding carboxylic acids is 1. The summed E-state index contributed by atoms with van der Waals surface area (Å²) in [5.74, 6) is 0.765. The molecule has 1 atom stereocenters. The summed E-state index contributed by atoms with van der Waals surface area (Å²) in [5, 5.41) is 4.23. The second-order valence-electron chi connectivity index (χ2n) is 3.30. The first-order chi connectivity index (χ1) is 5.84. The van der Waals surface area contributed by atoms with Gasteiger partial charge in [0.15, 0.2) is 0 Å². The van der Waals surface area contributed by atoms with Crippen LogP contribution in [0.5, 0.6) is 0 Å². The van der Waals surface area contributed by atoms with Gasteiger partial charge in [-0.1, -0.05) is 22.4 Å². The van der Waals surface area contributed by atoms with Gasteiger partial charge in [0.1, 0.15) is 5.78 Å². The fourth-order valence-electron chi connectivity index (χ4n) is 1.61. The average molecular weight is 234 g/mol. The molecule has 0 radical (unpaired) electrons. The average Bonchev–Trinajstić information content (AvgIpc) is 2.09. The van der Waals surface area contributed by atoms with E-state index in [-0.39, 0.29) is 0 Å². The Balaban J connectivity index is 2.16. The summed E-state index contributed by atoms with van der Waals surface area (Å²) >= 11 is 3.34. The van der Waals surface area contributed by atoms with Crippen molar-refractivity contribution in [3.63, 3.8) is 0 Å². The van der Waals surface area contributed by atoms with Gasteiger partial charge in [-0.05, 0) is 12.8 Å². The van der Waals surface area contributed by atoms with E-state index < -0.39 is 0 Å². The molecular weight excluding hydrogens is 218 g/mol. The van der Waals surface area contributed by atoms with Gasteiger partial charge in [-0.15, -0.1) is 0 Å². The molecule has 0 saturated heterocycles. The minimum Gasteiger partial charge on any atom is -0.315 e. The first kappa shape index (κ1) is 10.2. The van der Waals surface area contributed by atoms with E-state index in [1.165, 1.54) is 6.42 Å². The molecule has 0 aromatic rings. The van der Waals surface area contributed by atoms with Gasteiger partial charge in [0, 0.05) is 30.8 Å². The molecule has 1 aliphatic rings. The zero-order valence-corrected chi connectivity index (χ0v) is 8.90. The number of ketones is 1. The molecule has 0 bridgehead atoms. The molecule has 0 amide bonds. The Bertz CT molecular complexity index is 149. The topological polar surface area (TPSA) is 29.1 Å². The monoisotopic (exact) mass is 233 g/mol. The predicted octanol–water partition coefficient (Wildman–Crippen LogP) is 1.73. The van der Waals surface area contributed by atoms with Gasteiger partial charge in [0.2, 0.25) is 0 Å². The lowest BCUT2D eigenvalue weighted by atomic mass is 9.88. The third kappa shape index (κ3) is 3.23. The minimum absolute atomic E-state index is 0.304. The van der Waals surface area contributed by atoms with Crippen LogP contribution in [0.25, 0.3) is 0 Å². The molecule has 70 valence electrons. The summed E-state index contributed by atoms with van der Waals surface area (Å²) in [7, 11) is 0. The SMILES string of the molecule is O=C1CCCC[C@H]1CNCCBr. The van der Waals surface area contributed by atoms with E-state index in [1.54, 1.807) is 0 Å². The van der Waals surface area contributed by atoms with Gasteiger partial charge in [-0.25, -0.2) is 0 Å². The van der Waals surface area contributed by atoms with Crippen molar-refractivity contribution in [3.05, 3.63) is 0 Å². The number of carbonyl (C=O) groups is 1. The molecule has 3 heteroatoms. The molecule has 1 fully saturated rings. The van der Waals surface area contributed by atoms with Crippen molar-refractivity contribution in [2.45, 2.75) is 25.7 Å². The van der Waals surface area contributed by atoms with Gasteiger partial charge in [-0.2, -0.15) is 0 Å². The van der Waals surface area contributed by atoms with Crippen molar-refractivity contribution in [1.29, 1.82) is 0 Å². The molecule has 12 heavy (non-hydrogen) atoms. The molecule has 1 aliphatic carbocycles. The third-order valence-corrected chi connectivity index (χ3v) is 2.74. The highest BCUT2D eigenvalue weighted by Gasteiger charge is 2.20. The Hall–Kier alpha value is 0.110. The van der Waals surface area contributed by atoms with Crippen LogP contribution < -0.4 is 5.32 Å². The van der Waals surface area contributed by atoms with Crippen LogP contribution in [-0.4, -0.2) is 24.2 Å². The van der Waals surface area contributed by atoms with Crippen molar-refractivity contribution in [2.75, 3.05) is 18.4 Å². The first-order valence-corrected chi connectivity index (χ1v) is 5.76. The van der Waals surface area contributed by atoms with Crippen molar-refractivity contribution in [2.24, 2.45) is 5.92 Å². The van der Waals surface area contributed by atoms with Crippen molar-refractivity contribution in [3.8, 4) is 0 Å². The van der Waals surface area contributed by atoms with Crippen LogP contribution in [0, 0.1) is 5.92 Å². The molecule has 0 aromatic heterocycles. The van der Waals surface area contributed by atoms with Crippen LogP contribution in [-0.2, 0) is 4.79 Å². The fourth-order valence-corrected chi connectivity index (χ4v) is 1.89. The second-order valence-corrected chi connectivity index (χ2v) is 4.10. The highest BCUT2D eigenvalue weighted by atomic mass is 79.9. The molecular formula is C9H16BrNO. The van der Waals surface area contributed by atoms with Gasteiger partial charge >= 0.3 is 0 Å². The standard InChI is InChI=1S/C9H16BrNO/c10-5-6-11-7-8-3-1-2-4-9(8)12/h8,11H,1-7H2/t8-/m0/s1. The van der Waals surface area contributed by atoms with E-state index in [0.29, 0.717) is 11.7 Å². The summed E-state index contributed by atoms with van der Waals surface area (Å²) in [5.41, 5.74) is 0. The highest BCUT2D eigenvalue weighted by molar-refractivity contribution is 9.09. The van der Waals surface area contributed by atoms with E-state index in [2.05, 4.69) is 21.2 Å². The molecule has 1 N–H and O–H groups in total. The fraction of sp³-hybridized carbons (Fsp3) is 0.889. The summed E-state index contributed by atoms with van der Waals surface area (Å²) < 4.78 is 0. The van der Waals surface area contributed by atoms with Gasteiger partial charge in [-0.3, -0.25) is 4.79 Å². The van der Waals surface area contributed by atoms with Crippen LogP contribution >= 0.6 is 15.9 Å². The Morgan fingerprint density at radius 3 is 3.00 bits per heavy atom. The maximum Gasteiger partial charge on any atom is 0.137 e. The van der Waals surface area contributed by atoms with Crippen LogP contribution in [0.2, 0.25) is 0 Å². The highest BCUT2D eigenvalue weighted by Crippen LogP contribution is 2.19. The molecule has 0 spiro atoms. The maximum absolute atomic E-state index is 11.3. The van der Waals surface area contributed by atoms with Crippen molar-refractivity contribution in [1.82, 2.24) is 5.32 Å². The number of nitrogens with one attached hydrogen (secondary N) is 1. The second kappa shape index (κ2) is 5.70. The van der Waals surface area contributed by atoms with Crippen molar-refractivity contribution < 1.29 is 4.79 Å². The van der Waals surface area contributed by atoms with E-state index in [0.717, 1.165) is 37.7 Å². The van der Waals surface area contributed by atoms with Crippen LogP contribution in [0.15, 0.2) is 0 Å². The largest absolute Gasteiger partial charge is 0.315 e. The summed E-state index contributed by atoms with van der Waals surface area (Å²) in [6, 6.07) is 0. The summed E-state index contributed by atoms with van der Waals surface area (Å²) in [6.07, 6.45) is 4.23. The number of hydrogen-bond acceptors (Lipinski definition) is 2. The van der Waals surface area contributed by atoms with Gasteiger partial charge in [0.05, 0.1) is 0 Å². The predicted molar refractivity (Wildman–Crippen MR) is 53.6 cm³/mol. The summed E-state index contributed by atoms with van der Waals surface area (Å²) in [6.45, 7) is 1.84. The smallest absolute Gasteiger partial charge is 0.137 e. The third-order valence-electron chi connectivity index (χ3n) is 2.34. The molecule has 2 nitrogen and oxygen atoms in total. The molecule has 0 aliphatic heterocycles. The molecule has 1 saturated carbocycles.